The van der Waals surface area contributed by atoms with Crippen LogP contribution in [-0.2, 0) is 10.3 Å². The van der Waals surface area contributed by atoms with E-state index in [9.17, 15) is 9.18 Å². The Morgan fingerprint density at radius 3 is 2.62 bits per heavy atom. The Hall–Kier alpha value is -1.67. The second-order valence-corrected chi connectivity index (χ2v) is 6.23. The molecule has 3 nitrogen and oxygen atoms in total. The number of rotatable bonds is 5. The summed E-state index contributed by atoms with van der Waals surface area (Å²) >= 11 is 0. The number of isocyanates is 1. The highest BCUT2D eigenvalue weighted by Gasteiger charge is 2.36. The summed E-state index contributed by atoms with van der Waals surface area (Å²) in [5.74, 6) is 0.818. The van der Waals surface area contributed by atoms with Gasteiger partial charge in [-0.15, -0.1) is 0 Å². The molecule has 21 heavy (non-hydrogen) atoms. The minimum Gasteiger partial charge on any atom is -0.493 e. The summed E-state index contributed by atoms with van der Waals surface area (Å²) in [6, 6.07) is 4.73. The van der Waals surface area contributed by atoms with Crippen LogP contribution in [0, 0.1) is 11.7 Å². The number of benzene rings is 1. The van der Waals surface area contributed by atoms with Gasteiger partial charge in [0.05, 0.1) is 12.1 Å². The number of ether oxygens (including phenoxy) is 1. The molecule has 112 valence electrons. The zero-order chi connectivity index (χ0) is 14.7. The quantitative estimate of drug-likeness (QED) is 0.604. The fourth-order valence-electron chi connectivity index (χ4n) is 3.30. The first-order valence-electron chi connectivity index (χ1n) is 7.75. The van der Waals surface area contributed by atoms with E-state index >= 15 is 0 Å². The standard InChI is InChI=1S/C17H20FNO2/c18-15-8-14(17(19-12-20)6-1-2-7-17)9-16(10-15)21-11-13-4-3-5-13/h8-10,13H,1-7,11H2. The van der Waals surface area contributed by atoms with Crippen LogP contribution in [-0.4, -0.2) is 12.7 Å². The maximum atomic E-state index is 13.9. The number of nitrogens with zero attached hydrogens (tertiary/aromatic N) is 1. The molecule has 2 fully saturated rings. The molecule has 1 aromatic rings. The van der Waals surface area contributed by atoms with E-state index < -0.39 is 5.54 Å². The van der Waals surface area contributed by atoms with Gasteiger partial charge in [-0.05, 0) is 49.3 Å². The van der Waals surface area contributed by atoms with Crippen molar-refractivity contribution < 1.29 is 13.9 Å². The molecule has 0 unspecified atom stereocenters. The van der Waals surface area contributed by atoms with Crippen LogP contribution < -0.4 is 4.74 Å². The van der Waals surface area contributed by atoms with E-state index in [4.69, 9.17) is 4.74 Å². The van der Waals surface area contributed by atoms with Crippen LogP contribution in [0.3, 0.4) is 0 Å². The van der Waals surface area contributed by atoms with Crippen molar-refractivity contribution in [2.45, 2.75) is 50.5 Å². The van der Waals surface area contributed by atoms with Gasteiger partial charge < -0.3 is 4.74 Å². The second kappa shape index (κ2) is 5.98. The van der Waals surface area contributed by atoms with Gasteiger partial charge in [-0.2, -0.15) is 4.99 Å². The third-order valence-corrected chi connectivity index (χ3v) is 4.81. The molecule has 1 aromatic carbocycles. The van der Waals surface area contributed by atoms with Gasteiger partial charge in [-0.3, -0.25) is 0 Å². The molecule has 0 atom stereocenters. The van der Waals surface area contributed by atoms with Crippen LogP contribution >= 0.6 is 0 Å². The molecule has 0 aliphatic heterocycles. The van der Waals surface area contributed by atoms with Gasteiger partial charge in [0.25, 0.3) is 0 Å². The average molecular weight is 289 g/mol. The van der Waals surface area contributed by atoms with Crippen molar-refractivity contribution in [3.05, 3.63) is 29.6 Å². The molecule has 2 saturated carbocycles. The maximum absolute atomic E-state index is 13.9. The summed E-state index contributed by atoms with van der Waals surface area (Å²) in [6.45, 7) is 0.646. The molecule has 0 saturated heterocycles. The predicted octanol–water partition coefficient (Wildman–Crippen LogP) is 4.11. The van der Waals surface area contributed by atoms with Crippen molar-refractivity contribution in [3.63, 3.8) is 0 Å². The number of carbonyl (C=O) groups excluding carboxylic acids is 1. The normalized spacial score (nSPS) is 20.6. The summed E-state index contributed by atoms with van der Waals surface area (Å²) in [5, 5.41) is 0. The van der Waals surface area contributed by atoms with Crippen molar-refractivity contribution >= 4 is 6.08 Å². The van der Waals surface area contributed by atoms with Gasteiger partial charge in [-0.25, -0.2) is 9.18 Å². The first-order chi connectivity index (χ1) is 10.2. The van der Waals surface area contributed by atoms with Crippen LogP contribution in [0.1, 0.15) is 50.5 Å². The summed E-state index contributed by atoms with van der Waals surface area (Å²) in [6.07, 6.45) is 8.87. The van der Waals surface area contributed by atoms with E-state index in [-0.39, 0.29) is 5.82 Å². The predicted molar refractivity (Wildman–Crippen MR) is 77.5 cm³/mol. The fraction of sp³-hybridized carbons (Fsp3) is 0.588. The lowest BCUT2D eigenvalue weighted by molar-refractivity contribution is 0.180. The first kappa shape index (κ1) is 14.3. The Bertz CT molecular complexity index is 556. The molecule has 0 heterocycles. The Balaban J connectivity index is 1.83. The van der Waals surface area contributed by atoms with Crippen molar-refractivity contribution in [1.29, 1.82) is 0 Å². The lowest BCUT2D eigenvalue weighted by atomic mass is 9.86. The third-order valence-electron chi connectivity index (χ3n) is 4.81. The zero-order valence-electron chi connectivity index (χ0n) is 12.1. The van der Waals surface area contributed by atoms with Crippen molar-refractivity contribution in [2.24, 2.45) is 10.9 Å². The summed E-state index contributed by atoms with van der Waals surface area (Å²) in [4.78, 5) is 14.8. The largest absolute Gasteiger partial charge is 0.493 e. The van der Waals surface area contributed by atoms with E-state index in [2.05, 4.69) is 4.99 Å². The van der Waals surface area contributed by atoms with Gasteiger partial charge in [0.1, 0.15) is 11.6 Å². The number of hydrogen-bond donors (Lipinski definition) is 0. The van der Waals surface area contributed by atoms with Crippen LogP contribution in [0.5, 0.6) is 5.75 Å². The van der Waals surface area contributed by atoms with Crippen LogP contribution in [0.25, 0.3) is 0 Å². The van der Waals surface area contributed by atoms with Gasteiger partial charge in [0.15, 0.2) is 0 Å². The Labute approximate surface area is 124 Å². The molecule has 0 N–H and O–H groups in total. The minimum absolute atomic E-state index is 0.330. The highest BCUT2D eigenvalue weighted by atomic mass is 19.1. The van der Waals surface area contributed by atoms with E-state index in [0.29, 0.717) is 18.3 Å². The molecule has 0 amide bonds. The van der Waals surface area contributed by atoms with E-state index in [0.717, 1.165) is 31.2 Å². The molecule has 2 aliphatic carbocycles. The molecule has 4 heteroatoms. The van der Waals surface area contributed by atoms with E-state index in [1.165, 1.54) is 31.4 Å². The van der Waals surface area contributed by atoms with E-state index in [1.807, 2.05) is 6.07 Å². The number of hydrogen-bond acceptors (Lipinski definition) is 3. The van der Waals surface area contributed by atoms with Crippen molar-refractivity contribution in [3.8, 4) is 5.75 Å². The van der Waals surface area contributed by atoms with Crippen LogP contribution in [0.2, 0.25) is 0 Å². The van der Waals surface area contributed by atoms with Crippen molar-refractivity contribution in [1.82, 2.24) is 0 Å². The van der Waals surface area contributed by atoms with Crippen molar-refractivity contribution in [2.75, 3.05) is 6.61 Å². The minimum atomic E-state index is -0.599. The summed E-state index contributed by atoms with van der Waals surface area (Å²) in [5.41, 5.74) is 0.144. The Kier molecular flexibility index (Phi) is 4.07. The lowest BCUT2D eigenvalue weighted by Gasteiger charge is -2.26. The first-order valence-corrected chi connectivity index (χ1v) is 7.75. The molecular formula is C17H20FNO2. The topological polar surface area (TPSA) is 38.7 Å². The SMILES string of the molecule is O=C=NC1(c2cc(F)cc(OCC3CCC3)c2)CCCC1. The molecule has 3 rings (SSSR count). The van der Waals surface area contributed by atoms with Gasteiger partial charge in [-0.1, -0.05) is 19.3 Å². The highest BCUT2D eigenvalue weighted by molar-refractivity contribution is 5.41. The third kappa shape index (κ3) is 3.01. The average Bonchev–Trinajstić information content (AvgIpc) is 2.87. The fourth-order valence-corrected chi connectivity index (χ4v) is 3.30. The Morgan fingerprint density at radius 1 is 1.24 bits per heavy atom. The van der Waals surface area contributed by atoms with Gasteiger partial charge in [0.2, 0.25) is 6.08 Å². The summed E-state index contributed by atoms with van der Waals surface area (Å²) in [7, 11) is 0. The molecule has 0 aromatic heterocycles. The molecule has 2 aliphatic rings. The zero-order valence-corrected chi connectivity index (χ0v) is 12.1. The molecule has 0 spiro atoms. The molecular weight excluding hydrogens is 269 g/mol. The summed E-state index contributed by atoms with van der Waals surface area (Å²) < 4.78 is 19.6. The maximum Gasteiger partial charge on any atom is 0.235 e. The molecule has 0 bridgehead atoms. The monoisotopic (exact) mass is 289 g/mol. The number of halogens is 1. The smallest absolute Gasteiger partial charge is 0.235 e. The van der Waals surface area contributed by atoms with Gasteiger partial charge >= 0.3 is 0 Å². The Morgan fingerprint density at radius 2 is 2.00 bits per heavy atom. The number of aliphatic imine (C=N–C) groups is 1. The molecule has 0 radical (unpaired) electrons. The van der Waals surface area contributed by atoms with Crippen LogP contribution in [0.4, 0.5) is 4.39 Å². The highest BCUT2D eigenvalue weighted by Crippen LogP contribution is 2.43. The van der Waals surface area contributed by atoms with E-state index in [1.54, 1.807) is 6.08 Å². The second-order valence-electron chi connectivity index (χ2n) is 6.23. The lowest BCUT2D eigenvalue weighted by Crippen LogP contribution is -2.21. The van der Waals surface area contributed by atoms with Crippen LogP contribution in [0.15, 0.2) is 23.2 Å². The van der Waals surface area contributed by atoms with Gasteiger partial charge in [0, 0.05) is 6.07 Å².